The maximum absolute atomic E-state index is 12.3. The Morgan fingerprint density at radius 3 is 2.91 bits per heavy atom. The highest BCUT2D eigenvalue weighted by atomic mass is 32.2. The van der Waals surface area contributed by atoms with Crippen molar-refractivity contribution in [1.82, 2.24) is 20.2 Å². The van der Waals surface area contributed by atoms with E-state index in [0.717, 1.165) is 16.9 Å². The highest BCUT2D eigenvalue weighted by Crippen LogP contribution is 2.29. The van der Waals surface area contributed by atoms with E-state index in [4.69, 9.17) is 0 Å². The molecule has 1 aromatic heterocycles. The number of thioether (sulfide) groups is 1. The summed E-state index contributed by atoms with van der Waals surface area (Å²) >= 11 is 1.50. The van der Waals surface area contributed by atoms with Gasteiger partial charge in [-0.2, -0.15) is 0 Å². The minimum atomic E-state index is -0.491. The van der Waals surface area contributed by atoms with Crippen molar-refractivity contribution in [3.8, 4) is 0 Å². The number of hydrogen-bond donors (Lipinski definition) is 2. The fourth-order valence-corrected chi connectivity index (χ4v) is 3.52. The average Bonchev–Trinajstić information content (AvgIpc) is 2.84. The highest BCUT2D eigenvalue weighted by molar-refractivity contribution is 8.01. The van der Waals surface area contributed by atoms with Gasteiger partial charge in [0, 0.05) is 12.8 Å². The van der Waals surface area contributed by atoms with Crippen LogP contribution in [0, 0.1) is 0 Å². The second kappa shape index (κ2) is 5.88. The summed E-state index contributed by atoms with van der Waals surface area (Å²) in [6.45, 7) is 4.06. The molecule has 1 unspecified atom stereocenters. The van der Waals surface area contributed by atoms with E-state index < -0.39 is 10.8 Å². The quantitative estimate of drug-likeness (QED) is 0.885. The minimum Gasteiger partial charge on any atom is -0.347 e. The summed E-state index contributed by atoms with van der Waals surface area (Å²) in [6, 6.07) is 7.35. The van der Waals surface area contributed by atoms with E-state index in [0.29, 0.717) is 12.3 Å². The standard InChI is InChI=1S/C16H20N4O2S/c1-16(2)15(22)19-11(9-23-16)14(21)17-8-13-18-10-6-4-5-7-12(10)20(13)3/h4-7,11H,8-9H2,1-3H3,(H,17,21)(H,19,22). The molecule has 2 aromatic rings. The largest absolute Gasteiger partial charge is 0.347 e. The Bertz CT molecular complexity index is 769. The molecule has 1 aliphatic rings. The topological polar surface area (TPSA) is 76.0 Å². The van der Waals surface area contributed by atoms with Crippen molar-refractivity contribution in [3.63, 3.8) is 0 Å². The number of fused-ring (bicyclic) bond motifs is 1. The van der Waals surface area contributed by atoms with Gasteiger partial charge in [0.05, 0.1) is 22.3 Å². The van der Waals surface area contributed by atoms with E-state index in [2.05, 4.69) is 15.6 Å². The number of aromatic nitrogens is 2. The molecule has 0 bridgehead atoms. The average molecular weight is 332 g/mol. The van der Waals surface area contributed by atoms with Crippen LogP contribution in [-0.2, 0) is 23.2 Å². The molecule has 1 saturated heterocycles. The molecule has 7 heteroatoms. The number of nitrogens with one attached hydrogen (secondary N) is 2. The third-order valence-corrected chi connectivity index (χ3v) is 5.49. The highest BCUT2D eigenvalue weighted by Gasteiger charge is 2.37. The molecule has 2 N–H and O–H groups in total. The van der Waals surface area contributed by atoms with Crippen molar-refractivity contribution in [2.24, 2.45) is 7.05 Å². The normalized spacial score (nSPS) is 20.3. The number of carbonyl (C=O) groups is 2. The zero-order valence-corrected chi connectivity index (χ0v) is 14.2. The molecular formula is C16H20N4O2S. The number of benzene rings is 1. The van der Waals surface area contributed by atoms with Crippen molar-refractivity contribution in [2.75, 3.05) is 5.75 Å². The Labute approximate surface area is 139 Å². The van der Waals surface area contributed by atoms with Gasteiger partial charge in [-0.15, -0.1) is 11.8 Å². The molecule has 1 atom stereocenters. The molecule has 2 amide bonds. The van der Waals surface area contributed by atoms with Gasteiger partial charge in [0.25, 0.3) is 0 Å². The second-order valence-corrected chi connectivity index (χ2v) is 7.78. The third-order valence-electron chi connectivity index (χ3n) is 4.08. The van der Waals surface area contributed by atoms with Gasteiger partial charge in [-0.3, -0.25) is 9.59 Å². The molecule has 0 spiro atoms. The van der Waals surface area contributed by atoms with Gasteiger partial charge in [0.1, 0.15) is 11.9 Å². The number of hydrogen-bond acceptors (Lipinski definition) is 4. The lowest BCUT2D eigenvalue weighted by Crippen LogP contribution is -2.57. The van der Waals surface area contributed by atoms with Crippen LogP contribution < -0.4 is 10.6 Å². The number of para-hydroxylation sites is 2. The smallest absolute Gasteiger partial charge is 0.243 e. The number of carbonyl (C=O) groups excluding carboxylic acids is 2. The van der Waals surface area contributed by atoms with Crippen molar-refractivity contribution >= 4 is 34.6 Å². The summed E-state index contributed by atoms with van der Waals surface area (Å²) in [5.74, 6) is 1.09. The molecular weight excluding hydrogens is 312 g/mol. The van der Waals surface area contributed by atoms with E-state index in [9.17, 15) is 9.59 Å². The van der Waals surface area contributed by atoms with Crippen LogP contribution in [-0.4, -0.2) is 37.9 Å². The number of aryl methyl sites for hydroxylation is 1. The fraction of sp³-hybridized carbons (Fsp3) is 0.438. The van der Waals surface area contributed by atoms with Gasteiger partial charge in [0.2, 0.25) is 11.8 Å². The summed E-state index contributed by atoms with van der Waals surface area (Å²) in [4.78, 5) is 28.7. The van der Waals surface area contributed by atoms with Crippen LogP contribution in [0.1, 0.15) is 19.7 Å². The Morgan fingerprint density at radius 1 is 1.48 bits per heavy atom. The van der Waals surface area contributed by atoms with Gasteiger partial charge in [-0.25, -0.2) is 4.98 Å². The van der Waals surface area contributed by atoms with Gasteiger partial charge in [-0.05, 0) is 26.0 Å². The van der Waals surface area contributed by atoms with Gasteiger partial charge >= 0.3 is 0 Å². The summed E-state index contributed by atoms with van der Waals surface area (Å²) in [7, 11) is 1.93. The number of nitrogens with zero attached hydrogens (tertiary/aromatic N) is 2. The first-order valence-electron chi connectivity index (χ1n) is 7.51. The first kappa shape index (κ1) is 15.9. The molecule has 6 nitrogen and oxygen atoms in total. The molecule has 1 aromatic carbocycles. The van der Waals surface area contributed by atoms with Crippen LogP contribution in [0.3, 0.4) is 0 Å². The number of rotatable bonds is 3. The second-order valence-electron chi connectivity index (χ2n) is 6.14. The predicted octanol–water partition coefficient (Wildman–Crippen LogP) is 1.20. The Kier molecular flexibility index (Phi) is 4.06. The van der Waals surface area contributed by atoms with Gasteiger partial charge < -0.3 is 15.2 Å². The first-order chi connectivity index (χ1) is 10.9. The summed E-state index contributed by atoms with van der Waals surface area (Å²) in [6.07, 6.45) is 0. The van der Waals surface area contributed by atoms with Crippen molar-refractivity contribution < 1.29 is 9.59 Å². The summed E-state index contributed by atoms with van der Waals surface area (Å²) < 4.78 is 1.49. The number of amides is 2. The van der Waals surface area contributed by atoms with E-state index in [-0.39, 0.29) is 11.8 Å². The maximum atomic E-state index is 12.3. The Balaban J connectivity index is 1.65. The third kappa shape index (κ3) is 3.06. The molecule has 3 rings (SSSR count). The van der Waals surface area contributed by atoms with Crippen molar-refractivity contribution in [2.45, 2.75) is 31.2 Å². The lowest BCUT2D eigenvalue weighted by Gasteiger charge is -2.32. The molecule has 0 aliphatic carbocycles. The van der Waals surface area contributed by atoms with E-state index >= 15 is 0 Å². The van der Waals surface area contributed by atoms with Crippen LogP contribution in [0.15, 0.2) is 24.3 Å². The molecule has 23 heavy (non-hydrogen) atoms. The minimum absolute atomic E-state index is 0.100. The SMILES string of the molecule is Cn1c(CNC(=O)C2CSC(C)(C)C(=O)N2)nc2ccccc21. The molecule has 122 valence electrons. The molecule has 1 aliphatic heterocycles. The number of imidazole rings is 1. The zero-order valence-electron chi connectivity index (χ0n) is 13.4. The fourth-order valence-electron chi connectivity index (χ4n) is 2.52. The predicted molar refractivity (Wildman–Crippen MR) is 91.0 cm³/mol. The van der Waals surface area contributed by atoms with Crippen LogP contribution in [0.5, 0.6) is 0 Å². The lowest BCUT2D eigenvalue weighted by atomic mass is 10.1. The Morgan fingerprint density at radius 2 is 2.22 bits per heavy atom. The van der Waals surface area contributed by atoms with Crippen LogP contribution in [0.25, 0.3) is 11.0 Å². The molecule has 1 fully saturated rings. The van der Waals surface area contributed by atoms with E-state index in [1.165, 1.54) is 11.8 Å². The van der Waals surface area contributed by atoms with E-state index in [1.54, 1.807) is 0 Å². The molecule has 2 heterocycles. The molecule has 0 radical (unpaired) electrons. The van der Waals surface area contributed by atoms with Crippen LogP contribution in [0.2, 0.25) is 0 Å². The van der Waals surface area contributed by atoms with Crippen molar-refractivity contribution in [3.05, 3.63) is 30.1 Å². The van der Waals surface area contributed by atoms with Crippen LogP contribution in [0.4, 0.5) is 0 Å². The Hall–Kier alpha value is -2.02. The van der Waals surface area contributed by atoms with E-state index in [1.807, 2.05) is 49.7 Å². The van der Waals surface area contributed by atoms with Crippen LogP contribution >= 0.6 is 11.8 Å². The summed E-state index contributed by atoms with van der Waals surface area (Å²) in [5, 5.41) is 5.65. The zero-order chi connectivity index (χ0) is 16.6. The lowest BCUT2D eigenvalue weighted by molar-refractivity contribution is -0.129. The van der Waals surface area contributed by atoms with Gasteiger partial charge in [-0.1, -0.05) is 12.1 Å². The monoisotopic (exact) mass is 332 g/mol. The summed E-state index contributed by atoms with van der Waals surface area (Å²) in [5.41, 5.74) is 1.93. The first-order valence-corrected chi connectivity index (χ1v) is 8.50. The van der Waals surface area contributed by atoms with Crippen molar-refractivity contribution in [1.29, 1.82) is 0 Å². The maximum Gasteiger partial charge on any atom is 0.243 e. The van der Waals surface area contributed by atoms with Gasteiger partial charge in [0.15, 0.2) is 0 Å². The molecule has 0 saturated carbocycles.